The zero-order chi connectivity index (χ0) is 17.5. The van der Waals surface area contributed by atoms with Crippen LogP contribution < -0.4 is 5.32 Å². The van der Waals surface area contributed by atoms with Crippen LogP contribution in [0.15, 0.2) is 30.3 Å². The van der Waals surface area contributed by atoms with Crippen LogP contribution in [0.2, 0.25) is 0 Å². The number of benzene rings is 1. The second kappa shape index (κ2) is 7.96. The fourth-order valence-corrected chi connectivity index (χ4v) is 1.96. The minimum atomic E-state index is -4.95. The lowest BCUT2D eigenvalue weighted by Gasteiger charge is -2.31. The molecule has 8 heteroatoms. The van der Waals surface area contributed by atoms with Crippen molar-refractivity contribution in [3.05, 3.63) is 35.9 Å². The molecule has 0 bridgehead atoms. The van der Waals surface area contributed by atoms with E-state index in [-0.39, 0.29) is 31.2 Å². The highest BCUT2D eigenvalue weighted by molar-refractivity contribution is 5.76. The molecule has 5 nitrogen and oxygen atoms in total. The Bertz CT molecular complexity index is 533. The molecule has 1 amide bonds. The van der Waals surface area contributed by atoms with Crippen molar-refractivity contribution in [3.63, 3.8) is 0 Å². The molecule has 0 spiro atoms. The van der Waals surface area contributed by atoms with E-state index in [1.54, 1.807) is 0 Å². The molecule has 0 heterocycles. The van der Waals surface area contributed by atoms with Crippen molar-refractivity contribution in [1.82, 2.24) is 5.32 Å². The zero-order valence-electron chi connectivity index (χ0n) is 12.3. The molecule has 1 atom stereocenters. The van der Waals surface area contributed by atoms with E-state index >= 15 is 0 Å². The van der Waals surface area contributed by atoms with Crippen molar-refractivity contribution >= 4 is 11.9 Å². The van der Waals surface area contributed by atoms with E-state index in [1.807, 2.05) is 0 Å². The van der Waals surface area contributed by atoms with Gasteiger partial charge in [0.05, 0.1) is 6.54 Å². The number of carbonyl (C=O) groups is 2. The number of carbonyl (C=O) groups excluding carboxylic acids is 1. The molecule has 128 valence electrons. The summed E-state index contributed by atoms with van der Waals surface area (Å²) < 4.78 is 39.5. The Morgan fingerprint density at radius 3 is 2.13 bits per heavy atom. The number of aliphatic hydroxyl groups is 1. The molecular formula is C15H18F3NO4. The molecule has 3 N–H and O–H groups in total. The lowest BCUT2D eigenvalue weighted by atomic mass is 9.93. The number of carboxylic acids is 1. The standard InChI is InChI=1S/C15H18F3NO4/c16-15(17,18)14(23,11-6-2-1-3-7-11)10-19-12(20)8-4-5-9-13(21)22/h1-3,6-7,23H,4-5,8-10H2,(H,19,20)(H,21,22). The summed E-state index contributed by atoms with van der Waals surface area (Å²) in [7, 11) is 0. The Morgan fingerprint density at radius 2 is 1.61 bits per heavy atom. The molecule has 1 aromatic carbocycles. The number of hydrogen-bond acceptors (Lipinski definition) is 3. The van der Waals surface area contributed by atoms with Crippen LogP contribution in [0.25, 0.3) is 0 Å². The number of halogens is 3. The molecule has 0 saturated heterocycles. The largest absolute Gasteiger partial charge is 0.481 e. The molecule has 0 saturated carbocycles. The predicted molar refractivity (Wildman–Crippen MR) is 75.5 cm³/mol. The summed E-state index contributed by atoms with van der Waals surface area (Å²) in [6.45, 7) is -1.00. The van der Waals surface area contributed by atoms with Crippen molar-refractivity contribution in [2.24, 2.45) is 0 Å². The summed E-state index contributed by atoms with van der Waals surface area (Å²) in [6, 6.07) is 6.50. The van der Waals surface area contributed by atoms with E-state index in [4.69, 9.17) is 5.11 Å². The van der Waals surface area contributed by atoms with Gasteiger partial charge in [-0.05, 0) is 18.4 Å². The number of nitrogens with one attached hydrogen (secondary N) is 1. The van der Waals surface area contributed by atoms with Crippen LogP contribution in [-0.2, 0) is 15.2 Å². The fraction of sp³-hybridized carbons (Fsp3) is 0.467. The number of unbranched alkanes of at least 4 members (excludes halogenated alkanes) is 1. The molecule has 1 unspecified atom stereocenters. The van der Waals surface area contributed by atoms with E-state index in [1.165, 1.54) is 18.2 Å². The van der Waals surface area contributed by atoms with E-state index in [9.17, 15) is 27.9 Å². The Labute approximate surface area is 131 Å². The molecule has 23 heavy (non-hydrogen) atoms. The summed E-state index contributed by atoms with van der Waals surface area (Å²) in [5.74, 6) is -1.67. The molecule has 0 aromatic heterocycles. The number of rotatable bonds is 8. The highest BCUT2D eigenvalue weighted by Crippen LogP contribution is 2.38. The number of hydrogen-bond donors (Lipinski definition) is 3. The second-order valence-electron chi connectivity index (χ2n) is 5.10. The number of alkyl halides is 3. The topological polar surface area (TPSA) is 86.6 Å². The first-order valence-corrected chi connectivity index (χ1v) is 7.00. The van der Waals surface area contributed by atoms with Gasteiger partial charge in [-0.25, -0.2) is 0 Å². The summed E-state index contributed by atoms with van der Waals surface area (Å²) in [4.78, 5) is 21.9. The van der Waals surface area contributed by atoms with Crippen LogP contribution in [0.5, 0.6) is 0 Å². The average Bonchev–Trinajstić information content (AvgIpc) is 2.48. The minimum absolute atomic E-state index is 0.101. The first-order chi connectivity index (χ1) is 10.7. The van der Waals surface area contributed by atoms with Crippen LogP contribution in [0.1, 0.15) is 31.2 Å². The lowest BCUT2D eigenvalue weighted by molar-refractivity contribution is -0.264. The maximum absolute atomic E-state index is 13.2. The third kappa shape index (κ3) is 5.55. The van der Waals surface area contributed by atoms with Gasteiger partial charge in [-0.2, -0.15) is 13.2 Å². The maximum Gasteiger partial charge on any atom is 0.423 e. The van der Waals surface area contributed by atoms with Crippen LogP contribution in [0.3, 0.4) is 0 Å². The van der Waals surface area contributed by atoms with E-state index in [0.29, 0.717) is 0 Å². The Kier molecular flexibility index (Phi) is 6.56. The van der Waals surface area contributed by atoms with Crippen molar-refractivity contribution in [3.8, 4) is 0 Å². The molecule has 1 rings (SSSR count). The molecule has 0 aliphatic rings. The second-order valence-corrected chi connectivity index (χ2v) is 5.10. The average molecular weight is 333 g/mol. The van der Waals surface area contributed by atoms with Crippen molar-refractivity contribution < 1.29 is 33.0 Å². The molecule has 1 aromatic rings. The monoisotopic (exact) mass is 333 g/mol. The first-order valence-electron chi connectivity index (χ1n) is 7.00. The molecule has 0 aliphatic carbocycles. The SMILES string of the molecule is O=C(O)CCCCC(=O)NCC(O)(c1ccccc1)C(F)(F)F. The van der Waals surface area contributed by atoms with Gasteiger partial charge in [0.15, 0.2) is 0 Å². The smallest absolute Gasteiger partial charge is 0.423 e. The van der Waals surface area contributed by atoms with Gasteiger partial charge in [0.2, 0.25) is 11.5 Å². The minimum Gasteiger partial charge on any atom is -0.481 e. The van der Waals surface area contributed by atoms with Gasteiger partial charge in [-0.15, -0.1) is 0 Å². The van der Waals surface area contributed by atoms with Crippen molar-refractivity contribution in [1.29, 1.82) is 0 Å². The van der Waals surface area contributed by atoms with Gasteiger partial charge in [-0.3, -0.25) is 9.59 Å². The quantitative estimate of drug-likeness (QED) is 0.637. The fourth-order valence-electron chi connectivity index (χ4n) is 1.96. The van der Waals surface area contributed by atoms with E-state index in [2.05, 4.69) is 5.32 Å². The van der Waals surface area contributed by atoms with Crippen molar-refractivity contribution in [2.45, 2.75) is 37.5 Å². The third-order valence-electron chi connectivity index (χ3n) is 3.31. The van der Waals surface area contributed by atoms with E-state index in [0.717, 1.165) is 12.1 Å². The normalized spacial score (nSPS) is 14.1. The highest BCUT2D eigenvalue weighted by atomic mass is 19.4. The number of amides is 1. The van der Waals surface area contributed by atoms with Crippen LogP contribution in [-0.4, -0.2) is 34.8 Å². The predicted octanol–water partition coefficient (Wildman–Crippen LogP) is 2.20. The first kappa shape index (κ1) is 19.0. The third-order valence-corrected chi connectivity index (χ3v) is 3.31. The van der Waals surface area contributed by atoms with Gasteiger partial charge >= 0.3 is 12.1 Å². The highest BCUT2D eigenvalue weighted by Gasteiger charge is 2.55. The van der Waals surface area contributed by atoms with Gasteiger partial charge in [0.25, 0.3) is 0 Å². The van der Waals surface area contributed by atoms with Gasteiger partial charge in [0, 0.05) is 12.8 Å². The number of aliphatic carboxylic acids is 1. The van der Waals surface area contributed by atoms with Gasteiger partial charge < -0.3 is 15.5 Å². The molecule has 0 radical (unpaired) electrons. The molecular weight excluding hydrogens is 315 g/mol. The number of carboxylic acid groups (broad SMARTS) is 1. The van der Waals surface area contributed by atoms with E-state index < -0.39 is 30.2 Å². The summed E-state index contributed by atoms with van der Waals surface area (Å²) in [5, 5.41) is 20.5. The van der Waals surface area contributed by atoms with Gasteiger partial charge in [-0.1, -0.05) is 30.3 Å². The Morgan fingerprint density at radius 1 is 1.04 bits per heavy atom. The summed E-state index contributed by atoms with van der Waals surface area (Å²) in [5.41, 5.74) is -3.54. The Balaban J connectivity index is 2.63. The zero-order valence-corrected chi connectivity index (χ0v) is 12.3. The molecule has 0 aliphatic heterocycles. The van der Waals surface area contributed by atoms with Crippen molar-refractivity contribution in [2.75, 3.05) is 6.54 Å². The lowest BCUT2D eigenvalue weighted by Crippen LogP contribution is -2.51. The van der Waals surface area contributed by atoms with Gasteiger partial charge in [0.1, 0.15) is 0 Å². The maximum atomic E-state index is 13.2. The Hall–Kier alpha value is -2.09. The molecule has 0 fully saturated rings. The van der Waals surface area contributed by atoms with Crippen LogP contribution >= 0.6 is 0 Å². The summed E-state index contributed by atoms with van der Waals surface area (Å²) in [6.07, 6.45) is -4.66. The van der Waals surface area contributed by atoms with Crippen LogP contribution in [0.4, 0.5) is 13.2 Å². The summed E-state index contributed by atoms with van der Waals surface area (Å²) >= 11 is 0. The van der Waals surface area contributed by atoms with Crippen LogP contribution in [0, 0.1) is 0 Å².